The highest BCUT2D eigenvalue weighted by Gasteiger charge is 2.47. The van der Waals surface area contributed by atoms with E-state index in [1.807, 2.05) is 24.0 Å². The summed E-state index contributed by atoms with van der Waals surface area (Å²) in [6, 6.07) is 8.75. The summed E-state index contributed by atoms with van der Waals surface area (Å²) in [5.74, 6) is 0.578. The number of hydrogen-bond donors (Lipinski definition) is 1. The van der Waals surface area contributed by atoms with Gasteiger partial charge in [0.2, 0.25) is 5.91 Å². The SMILES string of the molecule is CCNc1cc2c(nn1)CCN(C(=O)C1CC1c1ccccc1F)C2. The summed E-state index contributed by atoms with van der Waals surface area (Å²) in [6.07, 6.45) is 1.46. The van der Waals surface area contributed by atoms with Crippen molar-refractivity contribution in [2.75, 3.05) is 18.4 Å². The highest BCUT2D eigenvalue weighted by Crippen LogP contribution is 2.49. The van der Waals surface area contributed by atoms with E-state index in [2.05, 4.69) is 15.5 Å². The molecule has 4 rings (SSSR count). The zero-order valence-corrected chi connectivity index (χ0v) is 14.2. The van der Waals surface area contributed by atoms with Crippen LogP contribution in [-0.2, 0) is 17.8 Å². The monoisotopic (exact) mass is 340 g/mol. The molecule has 2 aliphatic rings. The van der Waals surface area contributed by atoms with Gasteiger partial charge < -0.3 is 10.2 Å². The maximum absolute atomic E-state index is 13.9. The number of nitrogens with one attached hydrogen (secondary N) is 1. The van der Waals surface area contributed by atoms with Crippen molar-refractivity contribution in [2.24, 2.45) is 5.92 Å². The van der Waals surface area contributed by atoms with Gasteiger partial charge in [0.25, 0.3) is 0 Å². The first kappa shape index (κ1) is 16.0. The minimum absolute atomic E-state index is 0.0166. The summed E-state index contributed by atoms with van der Waals surface area (Å²) >= 11 is 0. The minimum Gasteiger partial charge on any atom is -0.369 e. The molecule has 2 atom stereocenters. The van der Waals surface area contributed by atoms with Gasteiger partial charge in [-0.2, -0.15) is 5.10 Å². The van der Waals surface area contributed by atoms with Crippen LogP contribution in [0.25, 0.3) is 0 Å². The first-order chi connectivity index (χ1) is 12.2. The number of benzene rings is 1. The molecule has 0 radical (unpaired) electrons. The first-order valence-corrected chi connectivity index (χ1v) is 8.80. The van der Waals surface area contributed by atoms with E-state index in [0.29, 0.717) is 18.7 Å². The van der Waals surface area contributed by atoms with Gasteiger partial charge in [-0.05, 0) is 42.5 Å². The molecule has 1 saturated carbocycles. The van der Waals surface area contributed by atoms with Gasteiger partial charge in [-0.3, -0.25) is 4.79 Å². The Hall–Kier alpha value is -2.50. The van der Waals surface area contributed by atoms with Crippen molar-refractivity contribution in [1.29, 1.82) is 0 Å². The Morgan fingerprint density at radius 1 is 1.36 bits per heavy atom. The predicted molar refractivity (Wildman–Crippen MR) is 92.6 cm³/mol. The van der Waals surface area contributed by atoms with E-state index in [1.165, 1.54) is 6.07 Å². The van der Waals surface area contributed by atoms with Gasteiger partial charge in [0.15, 0.2) is 0 Å². The smallest absolute Gasteiger partial charge is 0.226 e. The topological polar surface area (TPSA) is 58.1 Å². The molecule has 1 aromatic carbocycles. The van der Waals surface area contributed by atoms with E-state index in [1.54, 1.807) is 12.1 Å². The Labute approximate surface area is 146 Å². The lowest BCUT2D eigenvalue weighted by molar-refractivity contribution is -0.133. The molecule has 130 valence electrons. The van der Waals surface area contributed by atoms with Crippen LogP contribution in [-0.4, -0.2) is 34.1 Å². The summed E-state index contributed by atoms with van der Waals surface area (Å²) in [5.41, 5.74) is 2.68. The number of anilines is 1. The molecule has 1 aromatic heterocycles. The molecule has 6 heteroatoms. The van der Waals surface area contributed by atoms with E-state index in [-0.39, 0.29) is 23.6 Å². The molecule has 2 aromatic rings. The number of aromatic nitrogens is 2. The fraction of sp³-hybridized carbons (Fsp3) is 0.421. The van der Waals surface area contributed by atoms with Gasteiger partial charge in [0, 0.05) is 32.0 Å². The lowest BCUT2D eigenvalue weighted by atomic mass is 10.0. The molecule has 0 bridgehead atoms. The number of amides is 1. The Morgan fingerprint density at radius 3 is 3.00 bits per heavy atom. The van der Waals surface area contributed by atoms with Crippen LogP contribution in [0.2, 0.25) is 0 Å². The average Bonchev–Trinajstić information content (AvgIpc) is 3.41. The lowest BCUT2D eigenvalue weighted by Crippen LogP contribution is -2.37. The number of fused-ring (bicyclic) bond motifs is 1. The zero-order chi connectivity index (χ0) is 17.4. The highest BCUT2D eigenvalue weighted by atomic mass is 19.1. The Morgan fingerprint density at radius 2 is 2.20 bits per heavy atom. The zero-order valence-electron chi connectivity index (χ0n) is 14.2. The number of carbonyl (C=O) groups is 1. The fourth-order valence-corrected chi connectivity index (χ4v) is 3.61. The lowest BCUT2D eigenvalue weighted by Gasteiger charge is -2.28. The molecule has 1 aliphatic heterocycles. The first-order valence-electron chi connectivity index (χ1n) is 8.80. The molecular weight excluding hydrogens is 319 g/mol. The summed E-state index contributed by atoms with van der Waals surface area (Å²) in [6.45, 7) is 4.00. The standard InChI is InChI=1S/C19H21FN4O/c1-2-21-18-9-12-11-24(8-7-17(12)22-23-18)19(25)15-10-14(15)13-5-3-4-6-16(13)20/h3-6,9,14-15H,2,7-8,10-11H2,1H3,(H,21,23). The maximum atomic E-state index is 13.9. The van der Waals surface area contributed by atoms with Crippen molar-refractivity contribution in [3.63, 3.8) is 0 Å². The molecule has 25 heavy (non-hydrogen) atoms. The van der Waals surface area contributed by atoms with Crippen LogP contribution in [0.3, 0.4) is 0 Å². The van der Waals surface area contributed by atoms with Crippen LogP contribution in [0.5, 0.6) is 0 Å². The van der Waals surface area contributed by atoms with E-state index in [4.69, 9.17) is 0 Å². The third kappa shape index (κ3) is 3.08. The van der Waals surface area contributed by atoms with Gasteiger partial charge in [0.05, 0.1) is 5.69 Å². The van der Waals surface area contributed by atoms with Crippen LogP contribution >= 0.6 is 0 Å². The minimum atomic E-state index is -0.211. The maximum Gasteiger partial charge on any atom is 0.226 e. The number of nitrogens with zero attached hydrogens (tertiary/aromatic N) is 3. The number of hydrogen-bond acceptors (Lipinski definition) is 4. The molecule has 2 unspecified atom stereocenters. The molecule has 0 saturated heterocycles. The van der Waals surface area contributed by atoms with Crippen molar-refractivity contribution in [3.05, 3.63) is 53.0 Å². The second-order valence-electron chi connectivity index (χ2n) is 6.71. The van der Waals surface area contributed by atoms with Gasteiger partial charge in [0.1, 0.15) is 11.6 Å². The Bertz CT molecular complexity index is 810. The molecule has 1 amide bonds. The van der Waals surface area contributed by atoms with Crippen LogP contribution in [0.4, 0.5) is 10.2 Å². The molecule has 1 fully saturated rings. The molecule has 1 aliphatic carbocycles. The largest absolute Gasteiger partial charge is 0.369 e. The molecule has 5 nitrogen and oxygen atoms in total. The normalized spacial score (nSPS) is 21.6. The van der Waals surface area contributed by atoms with Crippen molar-refractivity contribution >= 4 is 11.7 Å². The Balaban J connectivity index is 1.46. The third-order valence-electron chi connectivity index (χ3n) is 5.02. The van der Waals surface area contributed by atoms with Crippen molar-refractivity contribution in [2.45, 2.75) is 32.2 Å². The number of rotatable bonds is 4. The quantitative estimate of drug-likeness (QED) is 0.930. The highest BCUT2D eigenvalue weighted by molar-refractivity contribution is 5.83. The van der Waals surface area contributed by atoms with Gasteiger partial charge in [-0.1, -0.05) is 18.2 Å². The summed E-state index contributed by atoms with van der Waals surface area (Å²) in [7, 11) is 0. The van der Waals surface area contributed by atoms with Crippen molar-refractivity contribution in [1.82, 2.24) is 15.1 Å². The molecule has 2 heterocycles. The van der Waals surface area contributed by atoms with Crippen LogP contribution < -0.4 is 5.32 Å². The van der Waals surface area contributed by atoms with Crippen molar-refractivity contribution in [3.8, 4) is 0 Å². The van der Waals surface area contributed by atoms with Gasteiger partial charge in [-0.15, -0.1) is 5.10 Å². The van der Waals surface area contributed by atoms with E-state index >= 15 is 0 Å². The number of halogens is 1. The van der Waals surface area contributed by atoms with E-state index in [9.17, 15) is 9.18 Å². The van der Waals surface area contributed by atoms with E-state index < -0.39 is 0 Å². The second kappa shape index (κ2) is 6.43. The summed E-state index contributed by atoms with van der Waals surface area (Å²) in [5, 5.41) is 11.6. The van der Waals surface area contributed by atoms with Crippen LogP contribution in [0.15, 0.2) is 30.3 Å². The van der Waals surface area contributed by atoms with Gasteiger partial charge in [-0.25, -0.2) is 4.39 Å². The summed E-state index contributed by atoms with van der Waals surface area (Å²) in [4.78, 5) is 14.7. The van der Waals surface area contributed by atoms with Crippen LogP contribution in [0, 0.1) is 11.7 Å². The average molecular weight is 340 g/mol. The predicted octanol–water partition coefficient (Wildman–Crippen LogP) is 2.74. The van der Waals surface area contributed by atoms with Crippen LogP contribution in [0.1, 0.15) is 36.1 Å². The fourth-order valence-electron chi connectivity index (χ4n) is 3.61. The Kier molecular flexibility index (Phi) is 4.11. The summed E-state index contributed by atoms with van der Waals surface area (Å²) < 4.78 is 13.9. The number of carbonyl (C=O) groups excluding carboxylic acids is 1. The molecule has 0 spiro atoms. The molecule has 1 N–H and O–H groups in total. The van der Waals surface area contributed by atoms with Crippen molar-refractivity contribution < 1.29 is 9.18 Å². The van der Waals surface area contributed by atoms with Gasteiger partial charge >= 0.3 is 0 Å². The molecular formula is C19H21FN4O. The van der Waals surface area contributed by atoms with E-state index in [0.717, 1.165) is 36.5 Å². The third-order valence-corrected chi connectivity index (χ3v) is 5.02. The second-order valence-corrected chi connectivity index (χ2v) is 6.71.